The molecular weight excluding hydrogens is 362 g/mol. The van der Waals surface area contributed by atoms with Crippen LogP contribution >= 0.6 is 22.7 Å². The van der Waals surface area contributed by atoms with E-state index in [-0.39, 0.29) is 0 Å². The fourth-order valence-electron chi connectivity index (χ4n) is 3.28. The van der Waals surface area contributed by atoms with Crippen molar-refractivity contribution in [3.63, 3.8) is 0 Å². The standard InChI is InChI=1S/C20H17N3OS2/c1-2-19(26-8-1)20-21-10-15-11-23(7-5-17(15)22-20)12-16-3-4-18(24-16)14-6-9-25-13-14/h1-4,6,8-10,13H,5,7,11-12H2. The number of nitrogens with zero attached hydrogens (tertiary/aromatic N) is 3. The highest BCUT2D eigenvalue weighted by atomic mass is 32.1. The van der Waals surface area contributed by atoms with Crippen molar-refractivity contribution in [1.82, 2.24) is 14.9 Å². The van der Waals surface area contributed by atoms with Gasteiger partial charge in [-0.05, 0) is 35.0 Å². The molecule has 0 bridgehead atoms. The van der Waals surface area contributed by atoms with Crippen molar-refractivity contribution < 1.29 is 4.42 Å². The van der Waals surface area contributed by atoms with E-state index in [1.807, 2.05) is 12.3 Å². The molecule has 4 nitrogen and oxygen atoms in total. The highest BCUT2D eigenvalue weighted by Crippen LogP contribution is 2.27. The lowest BCUT2D eigenvalue weighted by Gasteiger charge is -2.27. The molecule has 4 aromatic rings. The van der Waals surface area contributed by atoms with Crippen LogP contribution in [0.15, 0.2) is 57.1 Å². The third kappa shape index (κ3) is 3.11. The van der Waals surface area contributed by atoms with Crippen molar-refractivity contribution in [3.05, 3.63) is 69.7 Å². The van der Waals surface area contributed by atoms with Crippen LogP contribution in [-0.4, -0.2) is 21.4 Å². The van der Waals surface area contributed by atoms with E-state index in [9.17, 15) is 0 Å². The first kappa shape index (κ1) is 15.9. The van der Waals surface area contributed by atoms with Crippen molar-refractivity contribution in [2.45, 2.75) is 19.5 Å². The summed E-state index contributed by atoms with van der Waals surface area (Å²) in [6.45, 7) is 2.67. The van der Waals surface area contributed by atoms with Gasteiger partial charge in [0.05, 0.1) is 17.1 Å². The minimum atomic E-state index is 0.816. The van der Waals surface area contributed by atoms with Gasteiger partial charge in [0.1, 0.15) is 11.5 Å². The second kappa shape index (κ2) is 6.79. The first-order valence-corrected chi connectivity index (χ1v) is 10.4. The Labute approximate surface area is 159 Å². The lowest BCUT2D eigenvalue weighted by Crippen LogP contribution is -2.30. The molecule has 0 saturated carbocycles. The van der Waals surface area contributed by atoms with Crippen molar-refractivity contribution in [3.8, 4) is 22.0 Å². The van der Waals surface area contributed by atoms with Gasteiger partial charge in [0, 0.05) is 42.2 Å². The van der Waals surface area contributed by atoms with Crippen LogP contribution in [0.4, 0.5) is 0 Å². The Bertz CT molecular complexity index is 1010. The van der Waals surface area contributed by atoms with E-state index < -0.39 is 0 Å². The van der Waals surface area contributed by atoms with Crippen LogP contribution in [-0.2, 0) is 19.5 Å². The fourth-order valence-corrected chi connectivity index (χ4v) is 4.59. The lowest BCUT2D eigenvalue weighted by atomic mass is 10.1. The molecule has 130 valence electrons. The molecule has 1 aliphatic rings. The molecule has 0 N–H and O–H groups in total. The number of hydrogen-bond donors (Lipinski definition) is 0. The van der Waals surface area contributed by atoms with Gasteiger partial charge < -0.3 is 4.42 Å². The molecule has 0 amide bonds. The summed E-state index contributed by atoms with van der Waals surface area (Å²) in [7, 11) is 0. The minimum Gasteiger partial charge on any atom is -0.460 e. The van der Waals surface area contributed by atoms with Gasteiger partial charge in [-0.1, -0.05) is 6.07 Å². The second-order valence-corrected chi connectivity index (χ2v) is 8.11. The zero-order chi connectivity index (χ0) is 17.3. The predicted octanol–water partition coefficient (Wildman–Crippen LogP) is 5.08. The molecule has 4 aromatic heterocycles. The maximum absolute atomic E-state index is 6.02. The van der Waals surface area contributed by atoms with Crippen molar-refractivity contribution >= 4 is 22.7 Å². The smallest absolute Gasteiger partial charge is 0.169 e. The van der Waals surface area contributed by atoms with Gasteiger partial charge in [0.15, 0.2) is 5.82 Å². The largest absolute Gasteiger partial charge is 0.460 e. The Hall–Kier alpha value is -2.28. The van der Waals surface area contributed by atoms with E-state index in [1.165, 1.54) is 11.3 Å². The molecule has 0 unspecified atom stereocenters. The summed E-state index contributed by atoms with van der Waals surface area (Å²) in [5.41, 5.74) is 3.55. The predicted molar refractivity (Wildman–Crippen MR) is 105 cm³/mol. The molecular formula is C20H17N3OS2. The van der Waals surface area contributed by atoms with Gasteiger partial charge >= 0.3 is 0 Å². The SMILES string of the molecule is c1csc(-c2ncc3c(n2)CCN(Cc2ccc(-c4ccsc4)o2)C3)c1. The highest BCUT2D eigenvalue weighted by Gasteiger charge is 2.20. The molecule has 0 atom stereocenters. The number of aromatic nitrogens is 2. The van der Waals surface area contributed by atoms with E-state index >= 15 is 0 Å². The summed E-state index contributed by atoms with van der Waals surface area (Å²) in [5, 5.41) is 6.25. The van der Waals surface area contributed by atoms with Gasteiger partial charge in [0.2, 0.25) is 0 Å². The van der Waals surface area contributed by atoms with Crippen LogP contribution in [0, 0.1) is 0 Å². The number of rotatable bonds is 4. The van der Waals surface area contributed by atoms with E-state index in [0.29, 0.717) is 0 Å². The van der Waals surface area contributed by atoms with Gasteiger partial charge in [-0.15, -0.1) is 11.3 Å². The number of thiophene rings is 2. The molecule has 5 rings (SSSR count). The maximum Gasteiger partial charge on any atom is 0.169 e. The zero-order valence-electron chi connectivity index (χ0n) is 14.1. The van der Waals surface area contributed by atoms with Crippen LogP contribution in [0.5, 0.6) is 0 Å². The summed E-state index contributed by atoms with van der Waals surface area (Å²) in [4.78, 5) is 12.9. The van der Waals surface area contributed by atoms with Crippen molar-refractivity contribution in [2.75, 3.05) is 6.54 Å². The molecule has 0 aliphatic carbocycles. The molecule has 1 aliphatic heterocycles. The number of fused-ring (bicyclic) bond motifs is 1. The lowest BCUT2D eigenvalue weighted by molar-refractivity contribution is 0.224. The van der Waals surface area contributed by atoms with Crippen LogP contribution < -0.4 is 0 Å². The molecule has 0 radical (unpaired) electrons. The van der Waals surface area contributed by atoms with Gasteiger partial charge in [-0.3, -0.25) is 4.90 Å². The topological polar surface area (TPSA) is 42.2 Å². The van der Waals surface area contributed by atoms with E-state index in [1.54, 1.807) is 22.7 Å². The maximum atomic E-state index is 6.02. The third-order valence-electron chi connectivity index (χ3n) is 4.60. The van der Waals surface area contributed by atoms with Gasteiger partial charge in [-0.25, -0.2) is 9.97 Å². The van der Waals surface area contributed by atoms with E-state index in [4.69, 9.17) is 9.40 Å². The number of hydrogen-bond acceptors (Lipinski definition) is 6. The van der Waals surface area contributed by atoms with Crippen LogP contribution in [0.25, 0.3) is 22.0 Å². The first-order chi connectivity index (χ1) is 12.8. The monoisotopic (exact) mass is 379 g/mol. The summed E-state index contributed by atoms with van der Waals surface area (Å²) in [5.74, 6) is 2.80. The summed E-state index contributed by atoms with van der Waals surface area (Å²) >= 11 is 3.37. The molecule has 5 heterocycles. The highest BCUT2D eigenvalue weighted by molar-refractivity contribution is 7.13. The number of furan rings is 1. The first-order valence-electron chi connectivity index (χ1n) is 8.57. The van der Waals surface area contributed by atoms with Crippen LogP contribution in [0.2, 0.25) is 0 Å². The van der Waals surface area contributed by atoms with Crippen molar-refractivity contribution in [1.29, 1.82) is 0 Å². The Morgan fingerprint density at radius 2 is 2.15 bits per heavy atom. The zero-order valence-corrected chi connectivity index (χ0v) is 15.7. The molecule has 0 saturated heterocycles. The molecule has 0 spiro atoms. The second-order valence-electron chi connectivity index (χ2n) is 6.38. The molecule has 0 aromatic carbocycles. The normalized spacial score (nSPS) is 14.5. The van der Waals surface area contributed by atoms with Gasteiger partial charge in [-0.2, -0.15) is 11.3 Å². The van der Waals surface area contributed by atoms with Gasteiger partial charge in [0.25, 0.3) is 0 Å². The third-order valence-corrected chi connectivity index (χ3v) is 6.15. The van der Waals surface area contributed by atoms with Crippen LogP contribution in [0.1, 0.15) is 17.0 Å². The Balaban J connectivity index is 1.30. The summed E-state index contributed by atoms with van der Waals surface area (Å²) < 4.78 is 6.02. The van der Waals surface area contributed by atoms with Crippen molar-refractivity contribution in [2.24, 2.45) is 0 Å². The summed E-state index contributed by atoms with van der Waals surface area (Å²) in [6, 6.07) is 10.3. The molecule has 26 heavy (non-hydrogen) atoms. The molecule has 0 fully saturated rings. The Kier molecular flexibility index (Phi) is 4.16. The summed E-state index contributed by atoms with van der Waals surface area (Å²) in [6.07, 6.45) is 2.94. The average Bonchev–Trinajstić information content (AvgIpc) is 3.42. The van der Waals surface area contributed by atoms with E-state index in [0.717, 1.165) is 53.8 Å². The fraction of sp³-hybridized carbons (Fsp3) is 0.200. The Morgan fingerprint density at radius 1 is 1.15 bits per heavy atom. The average molecular weight is 380 g/mol. The van der Waals surface area contributed by atoms with Crippen LogP contribution in [0.3, 0.4) is 0 Å². The Morgan fingerprint density at radius 3 is 3.00 bits per heavy atom. The van der Waals surface area contributed by atoms with E-state index in [2.05, 4.69) is 50.3 Å². The minimum absolute atomic E-state index is 0.816. The quantitative estimate of drug-likeness (QED) is 0.496. The molecule has 6 heteroatoms.